The Hall–Kier alpha value is -0.860. The van der Waals surface area contributed by atoms with Gasteiger partial charge in [-0.3, -0.25) is 0 Å². The van der Waals surface area contributed by atoms with Crippen molar-refractivity contribution in [3.63, 3.8) is 0 Å². The second-order valence-corrected chi connectivity index (χ2v) is 13.1. The molecule has 0 bridgehead atoms. The zero-order chi connectivity index (χ0) is 22.0. The molecule has 1 aliphatic heterocycles. The quantitative estimate of drug-likeness (QED) is 0.536. The van der Waals surface area contributed by atoms with E-state index in [1.807, 2.05) is 0 Å². The molecule has 176 valence electrons. The molecule has 1 heterocycles. The molecule has 1 aromatic carbocycles. The van der Waals surface area contributed by atoms with Crippen molar-refractivity contribution in [3.05, 3.63) is 34.9 Å². The van der Waals surface area contributed by atoms with Crippen LogP contribution in [0.2, 0.25) is 0 Å². The average molecular weight is 435 g/mol. The maximum atomic E-state index is 2.71. The highest BCUT2D eigenvalue weighted by molar-refractivity contribution is 5.37. The molecule has 0 aromatic heterocycles. The Labute approximate surface area is 197 Å². The first-order chi connectivity index (χ1) is 15.4. The van der Waals surface area contributed by atoms with E-state index in [0.29, 0.717) is 5.41 Å². The van der Waals surface area contributed by atoms with Gasteiger partial charge in [-0.15, -0.1) is 0 Å². The summed E-state index contributed by atoms with van der Waals surface area (Å²) in [6.07, 6.45) is 14.7. The smallest absolute Gasteiger partial charge is 0.0233 e. The van der Waals surface area contributed by atoms with Gasteiger partial charge in [0.25, 0.3) is 0 Å². The highest BCUT2D eigenvalue weighted by atomic mass is 15.1. The Morgan fingerprint density at radius 3 is 2.59 bits per heavy atom. The van der Waals surface area contributed by atoms with Gasteiger partial charge in [0.1, 0.15) is 0 Å². The summed E-state index contributed by atoms with van der Waals surface area (Å²) in [5.74, 6) is 5.93. The van der Waals surface area contributed by atoms with Gasteiger partial charge in [0.05, 0.1) is 0 Å². The van der Waals surface area contributed by atoms with E-state index in [1.54, 1.807) is 16.7 Å². The van der Waals surface area contributed by atoms with Crippen molar-refractivity contribution in [2.75, 3.05) is 27.7 Å². The van der Waals surface area contributed by atoms with E-state index in [1.165, 1.54) is 70.8 Å². The molecule has 8 atom stereocenters. The standard InChI is InChI=1S/C30H46N2/c1-30-15-13-26-25-10-8-24(31(2)3)18-21(25)7-9-27(26)29(30)12-11-28(30)22-6-5-20-14-16-32(4)19-23(20)17-22/h5-6,17,21,24-29H,7-16,18-19H2,1-4H3. The minimum Gasteiger partial charge on any atom is -0.306 e. The number of hydrogen-bond donors (Lipinski definition) is 0. The molecule has 4 saturated carbocycles. The molecular weight excluding hydrogens is 388 g/mol. The Morgan fingerprint density at radius 1 is 0.906 bits per heavy atom. The first-order valence-corrected chi connectivity index (χ1v) is 13.9. The highest BCUT2D eigenvalue weighted by Crippen LogP contribution is 2.66. The summed E-state index contributed by atoms with van der Waals surface area (Å²) in [5, 5.41) is 0. The largest absolute Gasteiger partial charge is 0.306 e. The van der Waals surface area contributed by atoms with Gasteiger partial charge in [0.2, 0.25) is 0 Å². The van der Waals surface area contributed by atoms with E-state index in [0.717, 1.165) is 48.1 Å². The van der Waals surface area contributed by atoms with Gasteiger partial charge in [-0.05, 0) is 143 Å². The lowest BCUT2D eigenvalue weighted by molar-refractivity contribution is -0.0624. The summed E-state index contributed by atoms with van der Waals surface area (Å²) in [4.78, 5) is 5.01. The van der Waals surface area contributed by atoms with Gasteiger partial charge in [0.15, 0.2) is 0 Å². The van der Waals surface area contributed by atoms with E-state index >= 15 is 0 Å². The molecule has 8 unspecified atom stereocenters. The van der Waals surface area contributed by atoms with Crippen LogP contribution in [0.5, 0.6) is 0 Å². The lowest BCUT2D eigenvalue weighted by atomic mass is 9.49. The van der Waals surface area contributed by atoms with Gasteiger partial charge in [0, 0.05) is 19.1 Å². The molecule has 0 saturated heterocycles. The van der Waals surface area contributed by atoms with E-state index in [4.69, 9.17) is 0 Å². The molecule has 0 spiro atoms. The van der Waals surface area contributed by atoms with Gasteiger partial charge in [-0.25, -0.2) is 0 Å². The molecule has 4 aliphatic carbocycles. The van der Waals surface area contributed by atoms with Crippen LogP contribution in [0.4, 0.5) is 0 Å². The first kappa shape index (κ1) is 21.7. The lowest BCUT2D eigenvalue weighted by Crippen LogP contribution is -2.49. The number of hydrogen-bond acceptors (Lipinski definition) is 2. The third kappa shape index (κ3) is 3.42. The minimum atomic E-state index is 0.545. The highest BCUT2D eigenvalue weighted by Gasteiger charge is 2.57. The molecule has 0 amide bonds. The van der Waals surface area contributed by atoms with Crippen LogP contribution in [0.15, 0.2) is 18.2 Å². The van der Waals surface area contributed by atoms with Gasteiger partial charge in [-0.2, -0.15) is 0 Å². The molecule has 5 aliphatic rings. The maximum Gasteiger partial charge on any atom is 0.0233 e. The van der Waals surface area contributed by atoms with Crippen LogP contribution in [0, 0.1) is 35.0 Å². The van der Waals surface area contributed by atoms with Crippen LogP contribution in [0.3, 0.4) is 0 Å². The summed E-state index contributed by atoms with van der Waals surface area (Å²) in [5.41, 5.74) is 5.46. The van der Waals surface area contributed by atoms with Crippen molar-refractivity contribution in [1.29, 1.82) is 0 Å². The number of benzene rings is 1. The molecule has 2 heteroatoms. The summed E-state index contributed by atoms with van der Waals surface area (Å²) >= 11 is 0. The fourth-order valence-electron chi connectivity index (χ4n) is 9.78. The summed E-state index contributed by atoms with van der Waals surface area (Å²) in [6.45, 7) is 5.08. The van der Waals surface area contributed by atoms with Crippen molar-refractivity contribution in [1.82, 2.24) is 9.80 Å². The molecule has 6 rings (SSSR count). The normalized spacial score (nSPS) is 44.0. The predicted octanol–water partition coefficient (Wildman–Crippen LogP) is 6.34. The SMILES string of the molecule is CN1CCc2ccc(C3CCC4C5CCC6CC(N(C)C)CCC6C5CCC34C)cc2C1. The van der Waals surface area contributed by atoms with E-state index in [2.05, 4.69) is 56.1 Å². The molecule has 0 N–H and O–H groups in total. The van der Waals surface area contributed by atoms with Crippen molar-refractivity contribution >= 4 is 0 Å². The van der Waals surface area contributed by atoms with E-state index < -0.39 is 0 Å². The molecule has 4 fully saturated rings. The molecular formula is C30H46N2. The summed E-state index contributed by atoms with van der Waals surface area (Å²) < 4.78 is 0. The molecule has 32 heavy (non-hydrogen) atoms. The van der Waals surface area contributed by atoms with Crippen LogP contribution in [-0.2, 0) is 13.0 Å². The Bertz CT molecular complexity index is 845. The van der Waals surface area contributed by atoms with E-state index in [-0.39, 0.29) is 0 Å². The maximum absolute atomic E-state index is 2.71. The third-order valence-corrected chi connectivity index (χ3v) is 11.5. The second-order valence-electron chi connectivity index (χ2n) is 13.1. The van der Waals surface area contributed by atoms with Gasteiger partial charge < -0.3 is 9.80 Å². The fourth-order valence-corrected chi connectivity index (χ4v) is 9.78. The number of fused-ring (bicyclic) bond motifs is 6. The Kier molecular flexibility index (Phi) is 5.50. The van der Waals surface area contributed by atoms with Gasteiger partial charge >= 0.3 is 0 Å². The van der Waals surface area contributed by atoms with Crippen LogP contribution >= 0.6 is 0 Å². The summed E-state index contributed by atoms with van der Waals surface area (Å²) in [7, 11) is 6.90. The van der Waals surface area contributed by atoms with Crippen molar-refractivity contribution in [3.8, 4) is 0 Å². The average Bonchev–Trinajstić information content (AvgIpc) is 3.15. The van der Waals surface area contributed by atoms with Gasteiger partial charge in [-0.1, -0.05) is 25.1 Å². The van der Waals surface area contributed by atoms with E-state index in [9.17, 15) is 0 Å². The predicted molar refractivity (Wildman–Crippen MR) is 134 cm³/mol. The Morgan fingerprint density at radius 2 is 1.75 bits per heavy atom. The third-order valence-electron chi connectivity index (χ3n) is 11.5. The molecule has 0 radical (unpaired) electrons. The van der Waals surface area contributed by atoms with Crippen LogP contribution < -0.4 is 0 Å². The zero-order valence-corrected chi connectivity index (χ0v) is 21.2. The molecule has 2 nitrogen and oxygen atoms in total. The van der Waals surface area contributed by atoms with Crippen LogP contribution in [0.1, 0.15) is 87.3 Å². The monoisotopic (exact) mass is 434 g/mol. The number of nitrogens with zero attached hydrogens (tertiary/aromatic N) is 2. The zero-order valence-electron chi connectivity index (χ0n) is 21.2. The van der Waals surface area contributed by atoms with Crippen LogP contribution in [-0.4, -0.2) is 43.5 Å². The number of rotatable bonds is 2. The molecule has 1 aromatic rings. The van der Waals surface area contributed by atoms with Crippen LogP contribution in [0.25, 0.3) is 0 Å². The summed E-state index contributed by atoms with van der Waals surface area (Å²) in [6, 6.07) is 8.51. The lowest BCUT2D eigenvalue weighted by Gasteiger charge is -2.56. The van der Waals surface area contributed by atoms with Crippen molar-refractivity contribution < 1.29 is 0 Å². The number of likely N-dealkylation sites (N-methyl/N-ethyl adjacent to an activating group) is 1. The van der Waals surface area contributed by atoms with Crippen molar-refractivity contribution in [2.24, 2.45) is 35.0 Å². The Balaban J connectivity index is 1.22. The topological polar surface area (TPSA) is 6.48 Å². The minimum absolute atomic E-state index is 0.545. The fraction of sp³-hybridized carbons (Fsp3) is 0.800. The van der Waals surface area contributed by atoms with Crippen molar-refractivity contribution in [2.45, 2.75) is 89.6 Å². The first-order valence-electron chi connectivity index (χ1n) is 13.9. The second kappa shape index (κ2) is 8.12.